The molecule has 0 amide bonds. The normalized spacial score (nSPS) is 13.0. The molecule has 0 fully saturated rings. The number of methoxy groups -OCH3 is 1. The van der Waals surface area contributed by atoms with Crippen LogP contribution in [0.4, 0.5) is 0 Å². The smallest absolute Gasteiger partial charge is 0.120 e. The lowest BCUT2D eigenvalue weighted by molar-refractivity contribution is 0.415. The van der Waals surface area contributed by atoms with Crippen LogP contribution in [0.3, 0.4) is 0 Å². The van der Waals surface area contributed by atoms with Gasteiger partial charge in [0.15, 0.2) is 0 Å². The molecule has 0 aliphatic carbocycles. The van der Waals surface area contributed by atoms with Gasteiger partial charge in [-0.2, -0.15) is 0 Å². The number of hydrogen-bond acceptors (Lipinski definition) is 3. The Morgan fingerprint density at radius 3 is 2.93 bits per heavy atom. The lowest BCUT2D eigenvalue weighted by atomic mass is 10.0. The highest BCUT2D eigenvalue weighted by Gasteiger charge is 2.10. The fourth-order valence-corrected chi connectivity index (χ4v) is 2.77. The number of ether oxygens (including phenoxy) is 1. The summed E-state index contributed by atoms with van der Waals surface area (Å²) < 4.78 is 6.47. The van der Waals surface area contributed by atoms with Crippen LogP contribution in [0.15, 0.2) is 23.6 Å². The van der Waals surface area contributed by atoms with Crippen LogP contribution < -0.4 is 10.5 Å². The molecule has 1 unspecified atom stereocenters. The van der Waals surface area contributed by atoms with E-state index in [1.54, 1.807) is 18.4 Å². The SMILES string of the molecule is COc1ccc2c(C(C)CN)csc2c1. The monoisotopic (exact) mass is 221 g/mol. The Kier molecular flexibility index (Phi) is 2.93. The fourth-order valence-electron chi connectivity index (χ4n) is 1.66. The lowest BCUT2D eigenvalue weighted by Gasteiger charge is -2.07. The molecule has 0 spiro atoms. The molecule has 2 nitrogen and oxygen atoms in total. The minimum atomic E-state index is 0.423. The molecular formula is C12H15NOS. The summed E-state index contributed by atoms with van der Waals surface area (Å²) in [5, 5.41) is 3.50. The quantitative estimate of drug-likeness (QED) is 0.864. The van der Waals surface area contributed by atoms with Crippen LogP contribution in [0, 0.1) is 0 Å². The van der Waals surface area contributed by atoms with E-state index in [0.717, 1.165) is 5.75 Å². The van der Waals surface area contributed by atoms with Crippen molar-refractivity contribution < 1.29 is 4.74 Å². The van der Waals surface area contributed by atoms with Gasteiger partial charge in [-0.05, 0) is 47.0 Å². The Morgan fingerprint density at radius 2 is 2.27 bits per heavy atom. The van der Waals surface area contributed by atoms with Crippen molar-refractivity contribution in [3.05, 3.63) is 29.1 Å². The van der Waals surface area contributed by atoms with E-state index in [1.807, 2.05) is 6.07 Å². The molecule has 15 heavy (non-hydrogen) atoms. The number of hydrogen-bond donors (Lipinski definition) is 1. The highest BCUT2D eigenvalue weighted by molar-refractivity contribution is 7.17. The molecule has 2 rings (SSSR count). The molecule has 0 aliphatic heterocycles. The highest BCUT2D eigenvalue weighted by Crippen LogP contribution is 2.33. The molecule has 1 aromatic heterocycles. The molecule has 0 aliphatic rings. The third-order valence-electron chi connectivity index (χ3n) is 2.70. The molecule has 0 bridgehead atoms. The highest BCUT2D eigenvalue weighted by atomic mass is 32.1. The second-order valence-corrected chi connectivity index (χ2v) is 4.60. The van der Waals surface area contributed by atoms with Crippen LogP contribution in [0.5, 0.6) is 5.75 Å². The maximum atomic E-state index is 5.69. The Hall–Kier alpha value is -1.06. The zero-order valence-electron chi connectivity index (χ0n) is 8.99. The molecular weight excluding hydrogens is 206 g/mol. The van der Waals surface area contributed by atoms with E-state index in [2.05, 4.69) is 24.4 Å². The summed E-state index contributed by atoms with van der Waals surface area (Å²) in [4.78, 5) is 0. The molecule has 1 atom stereocenters. The minimum absolute atomic E-state index is 0.423. The van der Waals surface area contributed by atoms with E-state index < -0.39 is 0 Å². The van der Waals surface area contributed by atoms with Crippen LogP contribution >= 0.6 is 11.3 Å². The zero-order chi connectivity index (χ0) is 10.8. The lowest BCUT2D eigenvalue weighted by Crippen LogP contribution is -2.08. The Labute approximate surface area is 93.7 Å². The summed E-state index contributed by atoms with van der Waals surface area (Å²) in [6, 6.07) is 6.20. The second-order valence-electron chi connectivity index (χ2n) is 3.69. The third-order valence-corrected chi connectivity index (χ3v) is 3.66. The molecule has 80 valence electrons. The molecule has 3 heteroatoms. The minimum Gasteiger partial charge on any atom is -0.497 e. The van der Waals surface area contributed by atoms with Crippen molar-refractivity contribution in [2.45, 2.75) is 12.8 Å². The Balaban J connectivity index is 2.52. The number of rotatable bonds is 3. The molecule has 1 aromatic carbocycles. The van der Waals surface area contributed by atoms with E-state index in [-0.39, 0.29) is 0 Å². The van der Waals surface area contributed by atoms with Gasteiger partial charge in [-0.15, -0.1) is 11.3 Å². The van der Waals surface area contributed by atoms with Gasteiger partial charge in [0.25, 0.3) is 0 Å². The van der Waals surface area contributed by atoms with E-state index in [1.165, 1.54) is 15.6 Å². The summed E-state index contributed by atoms with van der Waals surface area (Å²) in [5.41, 5.74) is 7.04. The number of nitrogens with two attached hydrogens (primary N) is 1. The van der Waals surface area contributed by atoms with Crippen molar-refractivity contribution in [1.29, 1.82) is 0 Å². The maximum absolute atomic E-state index is 5.69. The average Bonchev–Trinajstić information content (AvgIpc) is 2.70. The zero-order valence-corrected chi connectivity index (χ0v) is 9.80. The van der Waals surface area contributed by atoms with Crippen LogP contribution in [0.1, 0.15) is 18.4 Å². The molecule has 0 radical (unpaired) electrons. The summed E-state index contributed by atoms with van der Waals surface area (Å²) in [6.07, 6.45) is 0. The Morgan fingerprint density at radius 1 is 1.47 bits per heavy atom. The van der Waals surface area contributed by atoms with E-state index in [4.69, 9.17) is 10.5 Å². The van der Waals surface area contributed by atoms with E-state index >= 15 is 0 Å². The molecule has 2 aromatic rings. The largest absolute Gasteiger partial charge is 0.497 e. The van der Waals surface area contributed by atoms with Gasteiger partial charge in [-0.1, -0.05) is 6.92 Å². The molecule has 2 N–H and O–H groups in total. The van der Waals surface area contributed by atoms with Crippen molar-refractivity contribution in [3.63, 3.8) is 0 Å². The maximum Gasteiger partial charge on any atom is 0.120 e. The van der Waals surface area contributed by atoms with Crippen LogP contribution in [-0.2, 0) is 0 Å². The van der Waals surface area contributed by atoms with Crippen LogP contribution in [0.25, 0.3) is 10.1 Å². The van der Waals surface area contributed by atoms with Gasteiger partial charge in [0.05, 0.1) is 7.11 Å². The topological polar surface area (TPSA) is 35.2 Å². The Bertz CT molecular complexity index is 464. The van der Waals surface area contributed by atoms with Gasteiger partial charge < -0.3 is 10.5 Å². The number of benzene rings is 1. The number of fused-ring (bicyclic) bond motifs is 1. The predicted octanol–water partition coefficient (Wildman–Crippen LogP) is 2.97. The number of thiophene rings is 1. The van der Waals surface area contributed by atoms with Crippen molar-refractivity contribution in [1.82, 2.24) is 0 Å². The predicted molar refractivity (Wildman–Crippen MR) is 65.8 cm³/mol. The van der Waals surface area contributed by atoms with Crippen LogP contribution in [-0.4, -0.2) is 13.7 Å². The van der Waals surface area contributed by atoms with Crippen molar-refractivity contribution in [2.75, 3.05) is 13.7 Å². The molecule has 0 saturated heterocycles. The van der Waals surface area contributed by atoms with Crippen LogP contribution in [0.2, 0.25) is 0 Å². The first-order chi connectivity index (χ1) is 7.26. The van der Waals surface area contributed by atoms with E-state index in [9.17, 15) is 0 Å². The van der Waals surface area contributed by atoms with Crippen molar-refractivity contribution in [3.8, 4) is 5.75 Å². The van der Waals surface area contributed by atoms with Gasteiger partial charge >= 0.3 is 0 Å². The first kappa shape index (κ1) is 10.5. The summed E-state index contributed by atoms with van der Waals surface area (Å²) in [6.45, 7) is 2.85. The van der Waals surface area contributed by atoms with Gasteiger partial charge in [-0.25, -0.2) is 0 Å². The summed E-state index contributed by atoms with van der Waals surface area (Å²) >= 11 is 1.75. The summed E-state index contributed by atoms with van der Waals surface area (Å²) in [5.74, 6) is 1.34. The van der Waals surface area contributed by atoms with Crippen molar-refractivity contribution >= 4 is 21.4 Å². The summed E-state index contributed by atoms with van der Waals surface area (Å²) in [7, 11) is 1.69. The second kappa shape index (κ2) is 4.21. The third kappa shape index (κ3) is 1.85. The standard InChI is InChI=1S/C12H15NOS/c1-8(6-13)11-7-15-12-5-9(14-2)3-4-10(11)12/h3-5,7-8H,6,13H2,1-2H3. The molecule has 1 heterocycles. The molecule has 0 saturated carbocycles. The van der Waals surface area contributed by atoms with E-state index in [0.29, 0.717) is 12.5 Å². The van der Waals surface area contributed by atoms with Gasteiger partial charge in [0, 0.05) is 4.70 Å². The first-order valence-corrected chi connectivity index (χ1v) is 5.89. The van der Waals surface area contributed by atoms with Crippen molar-refractivity contribution in [2.24, 2.45) is 5.73 Å². The van der Waals surface area contributed by atoms with Gasteiger partial charge in [-0.3, -0.25) is 0 Å². The first-order valence-electron chi connectivity index (χ1n) is 5.01. The van der Waals surface area contributed by atoms with Gasteiger partial charge in [0.2, 0.25) is 0 Å². The fraction of sp³-hybridized carbons (Fsp3) is 0.333. The van der Waals surface area contributed by atoms with Gasteiger partial charge in [0.1, 0.15) is 5.75 Å². The average molecular weight is 221 g/mol.